The van der Waals surface area contributed by atoms with Gasteiger partial charge < -0.3 is 15.3 Å². The number of carbonyl (C=O) groups excluding carboxylic acids is 1. The topological polar surface area (TPSA) is 52.6 Å². The SMILES string of the molecule is O=C1CCCN1CC(NCC(O)c1ccc(F)cc1)c1ccccc1. The van der Waals surface area contributed by atoms with Gasteiger partial charge in [-0.3, -0.25) is 4.79 Å². The molecule has 1 heterocycles. The normalized spacial score (nSPS) is 16.9. The zero-order valence-corrected chi connectivity index (χ0v) is 14.1. The van der Waals surface area contributed by atoms with E-state index in [1.54, 1.807) is 12.1 Å². The van der Waals surface area contributed by atoms with Crippen LogP contribution < -0.4 is 5.32 Å². The zero-order chi connectivity index (χ0) is 17.6. The molecule has 2 aromatic rings. The number of hydrogen-bond donors (Lipinski definition) is 2. The van der Waals surface area contributed by atoms with Gasteiger partial charge in [-0.05, 0) is 29.7 Å². The molecule has 2 N–H and O–H groups in total. The van der Waals surface area contributed by atoms with Gasteiger partial charge in [0.15, 0.2) is 0 Å². The average Bonchev–Trinajstić information content (AvgIpc) is 3.04. The monoisotopic (exact) mass is 342 g/mol. The fourth-order valence-electron chi connectivity index (χ4n) is 3.15. The van der Waals surface area contributed by atoms with Crippen LogP contribution in [-0.2, 0) is 4.79 Å². The van der Waals surface area contributed by atoms with Crippen molar-refractivity contribution in [3.63, 3.8) is 0 Å². The van der Waals surface area contributed by atoms with Gasteiger partial charge in [0.1, 0.15) is 5.82 Å². The number of nitrogens with zero attached hydrogens (tertiary/aromatic N) is 1. The van der Waals surface area contributed by atoms with Gasteiger partial charge in [-0.25, -0.2) is 4.39 Å². The molecule has 3 rings (SSSR count). The van der Waals surface area contributed by atoms with Crippen LogP contribution in [0, 0.1) is 5.82 Å². The fraction of sp³-hybridized carbons (Fsp3) is 0.350. The third kappa shape index (κ3) is 4.65. The van der Waals surface area contributed by atoms with Crippen molar-refractivity contribution in [3.05, 3.63) is 71.5 Å². The molecule has 25 heavy (non-hydrogen) atoms. The quantitative estimate of drug-likeness (QED) is 0.813. The van der Waals surface area contributed by atoms with E-state index in [9.17, 15) is 14.3 Å². The van der Waals surface area contributed by atoms with Crippen LogP contribution >= 0.6 is 0 Å². The van der Waals surface area contributed by atoms with Gasteiger partial charge in [-0.1, -0.05) is 42.5 Å². The minimum atomic E-state index is -0.735. The molecule has 1 amide bonds. The van der Waals surface area contributed by atoms with Crippen molar-refractivity contribution < 1.29 is 14.3 Å². The minimum absolute atomic E-state index is 0.0571. The summed E-state index contributed by atoms with van der Waals surface area (Å²) in [5.74, 6) is -0.138. The standard InChI is InChI=1S/C20H23FN2O2/c21-17-10-8-16(9-11-17)19(24)13-22-18(15-5-2-1-3-6-15)14-23-12-4-7-20(23)25/h1-3,5-6,8-11,18-19,22,24H,4,7,12-14H2. The molecular formula is C20H23FN2O2. The first-order valence-electron chi connectivity index (χ1n) is 8.63. The summed E-state index contributed by atoms with van der Waals surface area (Å²) >= 11 is 0. The highest BCUT2D eigenvalue weighted by Crippen LogP contribution is 2.20. The Morgan fingerprint density at radius 3 is 2.44 bits per heavy atom. The van der Waals surface area contributed by atoms with Crippen LogP contribution in [0.2, 0.25) is 0 Å². The Kier molecular flexibility index (Phi) is 5.79. The third-order valence-electron chi connectivity index (χ3n) is 4.59. The third-order valence-corrected chi connectivity index (χ3v) is 4.59. The summed E-state index contributed by atoms with van der Waals surface area (Å²) in [4.78, 5) is 13.8. The van der Waals surface area contributed by atoms with Gasteiger partial charge in [0, 0.05) is 32.1 Å². The first-order chi connectivity index (χ1) is 12.1. The summed E-state index contributed by atoms with van der Waals surface area (Å²) in [6.45, 7) is 1.69. The van der Waals surface area contributed by atoms with E-state index in [4.69, 9.17) is 0 Å². The van der Waals surface area contributed by atoms with Gasteiger partial charge in [-0.15, -0.1) is 0 Å². The molecule has 4 nitrogen and oxygen atoms in total. The number of hydrogen-bond acceptors (Lipinski definition) is 3. The van der Waals surface area contributed by atoms with Crippen molar-refractivity contribution in [2.24, 2.45) is 0 Å². The van der Waals surface area contributed by atoms with E-state index in [2.05, 4.69) is 5.32 Å². The van der Waals surface area contributed by atoms with E-state index in [0.29, 0.717) is 25.1 Å². The number of aliphatic hydroxyl groups excluding tert-OH is 1. The predicted octanol–water partition coefficient (Wildman–Crippen LogP) is 2.81. The number of carbonyl (C=O) groups is 1. The van der Waals surface area contributed by atoms with Crippen molar-refractivity contribution >= 4 is 5.91 Å². The lowest BCUT2D eigenvalue weighted by Crippen LogP contribution is -2.37. The molecule has 1 aliphatic rings. The lowest BCUT2D eigenvalue weighted by atomic mass is 10.0. The summed E-state index contributed by atoms with van der Waals surface area (Å²) in [5, 5.41) is 13.7. The number of nitrogens with one attached hydrogen (secondary N) is 1. The maximum absolute atomic E-state index is 13.0. The largest absolute Gasteiger partial charge is 0.387 e. The molecule has 0 aliphatic carbocycles. The number of benzene rings is 2. The van der Waals surface area contributed by atoms with E-state index in [1.807, 2.05) is 35.2 Å². The van der Waals surface area contributed by atoms with E-state index in [0.717, 1.165) is 18.5 Å². The highest BCUT2D eigenvalue weighted by molar-refractivity contribution is 5.78. The molecule has 0 saturated carbocycles. The Hall–Kier alpha value is -2.24. The smallest absolute Gasteiger partial charge is 0.222 e. The molecule has 1 fully saturated rings. The number of likely N-dealkylation sites (tertiary alicyclic amines) is 1. The molecule has 2 unspecified atom stereocenters. The van der Waals surface area contributed by atoms with E-state index in [1.165, 1.54) is 12.1 Å². The van der Waals surface area contributed by atoms with Crippen LogP contribution in [0.5, 0.6) is 0 Å². The van der Waals surface area contributed by atoms with Crippen molar-refractivity contribution in [1.82, 2.24) is 10.2 Å². The fourth-order valence-corrected chi connectivity index (χ4v) is 3.15. The summed E-state index contributed by atoms with van der Waals surface area (Å²) in [5.41, 5.74) is 1.74. The van der Waals surface area contributed by atoms with E-state index >= 15 is 0 Å². The van der Waals surface area contributed by atoms with Crippen LogP contribution in [-0.4, -0.2) is 35.5 Å². The summed E-state index contributed by atoms with van der Waals surface area (Å²) < 4.78 is 13.0. The molecule has 2 aromatic carbocycles. The predicted molar refractivity (Wildman–Crippen MR) is 94.4 cm³/mol. The Labute approximate surface area is 147 Å². The van der Waals surface area contributed by atoms with Gasteiger partial charge in [-0.2, -0.15) is 0 Å². The molecule has 2 atom stereocenters. The maximum atomic E-state index is 13.0. The second kappa shape index (κ2) is 8.23. The van der Waals surface area contributed by atoms with Crippen LogP contribution in [0.1, 0.15) is 36.1 Å². The molecule has 0 bridgehead atoms. The van der Waals surface area contributed by atoms with E-state index in [-0.39, 0.29) is 17.8 Å². The average molecular weight is 342 g/mol. The van der Waals surface area contributed by atoms with Crippen molar-refractivity contribution in [1.29, 1.82) is 0 Å². The van der Waals surface area contributed by atoms with Crippen molar-refractivity contribution in [2.75, 3.05) is 19.6 Å². The molecular weight excluding hydrogens is 319 g/mol. The van der Waals surface area contributed by atoms with Gasteiger partial charge in [0.25, 0.3) is 0 Å². The van der Waals surface area contributed by atoms with Gasteiger partial charge >= 0.3 is 0 Å². The van der Waals surface area contributed by atoms with Crippen LogP contribution in [0.4, 0.5) is 4.39 Å². The number of aliphatic hydroxyl groups is 1. The summed E-state index contributed by atoms with van der Waals surface area (Å²) in [6, 6.07) is 15.7. The van der Waals surface area contributed by atoms with E-state index < -0.39 is 6.10 Å². The van der Waals surface area contributed by atoms with Crippen molar-refractivity contribution in [2.45, 2.75) is 25.0 Å². The molecule has 0 spiro atoms. The first-order valence-corrected chi connectivity index (χ1v) is 8.63. The van der Waals surface area contributed by atoms with Crippen LogP contribution in [0.15, 0.2) is 54.6 Å². The molecule has 132 valence electrons. The lowest BCUT2D eigenvalue weighted by Gasteiger charge is -2.26. The molecule has 1 saturated heterocycles. The lowest BCUT2D eigenvalue weighted by molar-refractivity contribution is -0.128. The molecule has 5 heteroatoms. The second-order valence-corrected chi connectivity index (χ2v) is 6.38. The molecule has 0 aromatic heterocycles. The summed E-state index contributed by atoms with van der Waals surface area (Å²) in [6.07, 6.45) is 0.777. The zero-order valence-electron chi connectivity index (χ0n) is 14.1. The number of rotatable bonds is 7. The number of amides is 1. The highest BCUT2D eigenvalue weighted by atomic mass is 19.1. The van der Waals surface area contributed by atoms with Crippen molar-refractivity contribution in [3.8, 4) is 0 Å². The Morgan fingerprint density at radius 2 is 1.80 bits per heavy atom. The minimum Gasteiger partial charge on any atom is -0.387 e. The summed E-state index contributed by atoms with van der Waals surface area (Å²) in [7, 11) is 0. The number of halogens is 1. The molecule has 0 radical (unpaired) electrons. The Balaban J connectivity index is 1.66. The maximum Gasteiger partial charge on any atom is 0.222 e. The first kappa shape index (κ1) is 17.6. The Morgan fingerprint density at radius 1 is 1.08 bits per heavy atom. The van der Waals surface area contributed by atoms with Gasteiger partial charge in [0.05, 0.1) is 6.10 Å². The van der Waals surface area contributed by atoms with Crippen LogP contribution in [0.3, 0.4) is 0 Å². The second-order valence-electron chi connectivity index (χ2n) is 6.38. The molecule has 1 aliphatic heterocycles. The Bertz CT molecular complexity index is 691. The van der Waals surface area contributed by atoms with Crippen LogP contribution in [0.25, 0.3) is 0 Å². The highest BCUT2D eigenvalue weighted by Gasteiger charge is 2.24. The van der Waals surface area contributed by atoms with Gasteiger partial charge in [0.2, 0.25) is 5.91 Å².